The van der Waals surface area contributed by atoms with Gasteiger partial charge in [0.05, 0.1) is 48.9 Å². The lowest BCUT2D eigenvalue weighted by molar-refractivity contribution is -0.113. The summed E-state index contributed by atoms with van der Waals surface area (Å²) in [5.41, 5.74) is 4.71. The summed E-state index contributed by atoms with van der Waals surface area (Å²) in [7, 11) is 3.10. The van der Waals surface area contributed by atoms with Crippen LogP contribution in [0.1, 0.15) is 17.3 Å². The molecule has 0 radical (unpaired) electrons. The molecule has 0 bridgehead atoms. The van der Waals surface area contributed by atoms with Crippen LogP contribution >= 0.6 is 35.3 Å². The molecule has 0 spiro atoms. The predicted molar refractivity (Wildman–Crippen MR) is 171 cm³/mol. The molecule has 6 rings (SSSR count). The number of para-hydroxylation sites is 2. The number of hydrogen-bond donors (Lipinski definition) is 1. The van der Waals surface area contributed by atoms with Crippen LogP contribution in [0.3, 0.4) is 0 Å². The molecule has 0 aliphatic heterocycles. The zero-order valence-corrected chi connectivity index (χ0v) is 25.8. The van der Waals surface area contributed by atoms with Crippen molar-refractivity contribution in [3.63, 3.8) is 0 Å². The average Bonchev–Trinajstić information content (AvgIpc) is 3.58. The number of aromatic nitrogens is 4. The molecule has 3 heterocycles. The third kappa shape index (κ3) is 5.42. The maximum atomic E-state index is 13.1. The fourth-order valence-electron chi connectivity index (χ4n) is 4.63. The first kappa shape index (κ1) is 28.6. The topological polar surface area (TPSA) is 109 Å². The lowest BCUT2D eigenvalue weighted by Gasteiger charge is -2.12. The summed E-state index contributed by atoms with van der Waals surface area (Å²) in [5.74, 6) is 0.572. The molecular weight excluding hydrogens is 607 g/mol. The van der Waals surface area contributed by atoms with Gasteiger partial charge in [-0.3, -0.25) is 13.8 Å². The Morgan fingerprint density at radius 3 is 2.53 bits per heavy atom. The van der Waals surface area contributed by atoms with E-state index in [-0.39, 0.29) is 17.6 Å². The smallest absolute Gasteiger partial charge is 0.338 e. The number of benzene rings is 3. The lowest BCUT2D eigenvalue weighted by Crippen LogP contribution is -2.15. The maximum Gasteiger partial charge on any atom is 0.338 e. The third-order valence-electron chi connectivity index (χ3n) is 6.60. The van der Waals surface area contributed by atoms with Crippen molar-refractivity contribution in [2.45, 2.75) is 12.1 Å². The van der Waals surface area contributed by atoms with Crippen molar-refractivity contribution in [1.29, 1.82) is 0 Å². The fourth-order valence-corrected chi connectivity index (χ4v) is 6.78. The first-order valence-electron chi connectivity index (χ1n) is 13.2. The van der Waals surface area contributed by atoms with E-state index in [9.17, 15) is 9.59 Å². The summed E-state index contributed by atoms with van der Waals surface area (Å²) in [6.07, 6.45) is 0. The van der Waals surface area contributed by atoms with Gasteiger partial charge >= 0.3 is 5.97 Å². The molecule has 1 amide bonds. The van der Waals surface area contributed by atoms with Gasteiger partial charge in [-0.2, -0.15) is 0 Å². The zero-order valence-electron chi connectivity index (χ0n) is 23.3. The first-order chi connectivity index (χ1) is 20.9. The maximum absolute atomic E-state index is 13.1. The summed E-state index contributed by atoms with van der Waals surface area (Å²) in [5, 5.41) is 3.49. The summed E-state index contributed by atoms with van der Waals surface area (Å²) < 4.78 is 21.0. The number of carbonyl (C=O) groups excluding carboxylic acids is 2. The number of nitrogens with zero attached hydrogens (tertiary/aromatic N) is 4. The number of carbonyl (C=O) groups is 2. The number of fused-ring (bicyclic) bond motifs is 5. The number of thiazole rings is 1. The number of thioether (sulfide) groups is 1. The van der Waals surface area contributed by atoms with Crippen molar-refractivity contribution in [2.24, 2.45) is 0 Å². The molecule has 43 heavy (non-hydrogen) atoms. The Bertz CT molecular complexity index is 2070. The van der Waals surface area contributed by atoms with Crippen molar-refractivity contribution in [3.05, 3.63) is 76.2 Å². The summed E-state index contributed by atoms with van der Waals surface area (Å²) in [6.45, 7) is 2.06. The minimum atomic E-state index is -0.388. The Balaban J connectivity index is 1.40. The van der Waals surface area contributed by atoms with E-state index in [1.54, 1.807) is 44.4 Å². The minimum absolute atomic E-state index is 0.0778. The quantitative estimate of drug-likeness (QED) is 0.0823. The number of nitrogens with one attached hydrogen (secondary N) is 1. The zero-order chi connectivity index (χ0) is 30.1. The highest BCUT2D eigenvalue weighted by atomic mass is 32.2. The predicted octanol–water partition coefficient (Wildman–Crippen LogP) is 6.54. The number of rotatable bonds is 9. The highest BCUT2D eigenvalue weighted by Gasteiger charge is 2.21. The molecule has 0 aliphatic rings. The van der Waals surface area contributed by atoms with Crippen LogP contribution in [0.15, 0.2) is 71.9 Å². The van der Waals surface area contributed by atoms with Crippen molar-refractivity contribution in [3.8, 4) is 17.2 Å². The Hall–Kier alpha value is -4.46. The van der Waals surface area contributed by atoms with E-state index < -0.39 is 0 Å². The van der Waals surface area contributed by atoms with Crippen LogP contribution in [-0.2, 0) is 9.53 Å². The molecule has 0 unspecified atom stereocenters. The molecule has 10 nitrogen and oxygen atoms in total. The van der Waals surface area contributed by atoms with Crippen molar-refractivity contribution in [2.75, 3.05) is 31.9 Å². The monoisotopic (exact) mass is 631 g/mol. The van der Waals surface area contributed by atoms with Gasteiger partial charge in [-0.05, 0) is 67.7 Å². The number of amides is 1. The Morgan fingerprint density at radius 2 is 1.79 bits per heavy atom. The van der Waals surface area contributed by atoms with Crippen LogP contribution in [0.5, 0.6) is 11.5 Å². The fraction of sp³-hybridized carbons (Fsp3) is 0.167. The van der Waals surface area contributed by atoms with Crippen molar-refractivity contribution < 1.29 is 23.8 Å². The van der Waals surface area contributed by atoms with Gasteiger partial charge in [-0.25, -0.2) is 14.8 Å². The van der Waals surface area contributed by atoms with E-state index in [4.69, 9.17) is 36.4 Å². The summed E-state index contributed by atoms with van der Waals surface area (Å²) in [4.78, 5) is 35.2. The summed E-state index contributed by atoms with van der Waals surface area (Å²) in [6, 6.07) is 20.0. The van der Waals surface area contributed by atoms with Crippen LogP contribution in [-0.4, -0.2) is 57.4 Å². The van der Waals surface area contributed by atoms with E-state index in [1.165, 1.54) is 30.2 Å². The van der Waals surface area contributed by atoms with Gasteiger partial charge in [0.2, 0.25) is 5.91 Å². The van der Waals surface area contributed by atoms with Gasteiger partial charge in [0.1, 0.15) is 16.2 Å². The van der Waals surface area contributed by atoms with E-state index in [1.807, 2.05) is 45.4 Å². The Morgan fingerprint density at radius 1 is 1.00 bits per heavy atom. The molecule has 1 N–H and O–H groups in total. The molecule has 0 atom stereocenters. The second-order valence-corrected chi connectivity index (χ2v) is 11.8. The highest BCUT2D eigenvalue weighted by molar-refractivity contribution is 7.99. The van der Waals surface area contributed by atoms with Crippen LogP contribution in [0.2, 0.25) is 0 Å². The molecular formula is C30H25N5O5S3. The van der Waals surface area contributed by atoms with Gasteiger partial charge in [0.25, 0.3) is 0 Å². The van der Waals surface area contributed by atoms with Crippen molar-refractivity contribution in [1.82, 2.24) is 18.9 Å². The second kappa shape index (κ2) is 12.0. The van der Waals surface area contributed by atoms with E-state index in [0.29, 0.717) is 49.8 Å². The highest BCUT2D eigenvalue weighted by Crippen LogP contribution is 2.35. The largest absolute Gasteiger partial charge is 0.497 e. The van der Waals surface area contributed by atoms with Gasteiger partial charge in [0.15, 0.2) is 20.4 Å². The normalized spacial score (nSPS) is 11.2. The Kier molecular flexibility index (Phi) is 8.02. The molecule has 0 fully saturated rings. The van der Waals surface area contributed by atoms with Crippen LogP contribution in [0.25, 0.3) is 32.7 Å². The van der Waals surface area contributed by atoms with Crippen LogP contribution in [0.4, 0.5) is 5.69 Å². The number of hydrogen-bond acceptors (Lipinski definition) is 10. The Labute approximate surface area is 259 Å². The number of ether oxygens (including phenoxy) is 3. The molecule has 218 valence electrons. The standard InChI is InChI=1S/C30H25N5O5S3/c1-4-40-28(37)17-9-11-18(12-10-17)34-27-25(43-30(34)41)26-32-20-7-5-6-8-22(20)35(26)29(33-27)42-16-24(36)31-21-14-13-19(38-2)15-23(21)39-3/h5-15H,4,16H2,1-3H3,(H,31,36). The second-order valence-electron chi connectivity index (χ2n) is 9.18. The molecule has 3 aromatic carbocycles. The van der Waals surface area contributed by atoms with Crippen LogP contribution < -0.4 is 14.8 Å². The SMILES string of the molecule is CCOC(=O)c1ccc(-n2c(=S)sc3c2nc(SCC(=O)Nc2ccc(OC)cc2OC)n2c4ccccc4nc32)cc1. The first-order valence-corrected chi connectivity index (χ1v) is 15.4. The van der Waals surface area contributed by atoms with Gasteiger partial charge < -0.3 is 19.5 Å². The average molecular weight is 632 g/mol. The number of imidazole rings is 1. The van der Waals surface area contributed by atoms with E-state index in [2.05, 4.69) is 5.32 Å². The number of esters is 1. The number of anilines is 1. The minimum Gasteiger partial charge on any atom is -0.497 e. The van der Waals surface area contributed by atoms with Gasteiger partial charge in [-0.15, -0.1) is 0 Å². The van der Waals surface area contributed by atoms with Gasteiger partial charge in [0, 0.05) is 11.8 Å². The molecule has 0 saturated heterocycles. The molecule has 6 aromatic rings. The van der Waals surface area contributed by atoms with Crippen molar-refractivity contribution >= 4 is 79.9 Å². The molecule has 0 saturated carbocycles. The summed E-state index contributed by atoms with van der Waals surface area (Å²) >= 11 is 8.48. The number of methoxy groups -OCH3 is 2. The molecule has 3 aromatic heterocycles. The lowest BCUT2D eigenvalue weighted by atomic mass is 10.2. The molecule has 0 aliphatic carbocycles. The van der Waals surface area contributed by atoms with E-state index >= 15 is 0 Å². The van der Waals surface area contributed by atoms with Crippen LogP contribution in [0, 0.1) is 3.95 Å². The third-order valence-corrected chi connectivity index (χ3v) is 8.89. The van der Waals surface area contributed by atoms with Gasteiger partial charge in [-0.1, -0.05) is 35.2 Å². The molecule has 13 heteroatoms. The van der Waals surface area contributed by atoms with E-state index in [0.717, 1.165) is 21.4 Å².